The van der Waals surface area contributed by atoms with Crippen molar-refractivity contribution in [3.8, 4) is 0 Å². The SMILES string of the molecule is CSc1ccc2cc(CSc3nnc(NC4CC4)s3)c(Cl)nc2c1. The second kappa shape index (κ2) is 7.07. The number of benzene rings is 1. The number of nitrogens with one attached hydrogen (secondary N) is 1. The van der Waals surface area contributed by atoms with E-state index in [9.17, 15) is 0 Å². The van der Waals surface area contributed by atoms with E-state index >= 15 is 0 Å². The van der Waals surface area contributed by atoms with Gasteiger partial charge in [-0.05, 0) is 37.3 Å². The van der Waals surface area contributed by atoms with Crippen molar-refractivity contribution in [2.24, 2.45) is 0 Å². The van der Waals surface area contributed by atoms with Crippen LogP contribution in [0.5, 0.6) is 0 Å². The lowest BCUT2D eigenvalue weighted by molar-refractivity contribution is 0.994. The minimum Gasteiger partial charge on any atom is -0.357 e. The van der Waals surface area contributed by atoms with Gasteiger partial charge in [0.1, 0.15) is 5.15 Å². The van der Waals surface area contributed by atoms with Crippen LogP contribution >= 0.6 is 46.5 Å². The van der Waals surface area contributed by atoms with E-state index in [2.05, 4.69) is 51.0 Å². The summed E-state index contributed by atoms with van der Waals surface area (Å²) in [6.07, 6.45) is 4.53. The molecule has 0 aliphatic heterocycles. The van der Waals surface area contributed by atoms with E-state index < -0.39 is 0 Å². The maximum absolute atomic E-state index is 6.37. The van der Waals surface area contributed by atoms with Crippen molar-refractivity contribution in [1.29, 1.82) is 0 Å². The van der Waals surface area contributed by atoms with E-state index in [-0.39, 0.29) is 0 Å². The summed E-state index contributed by atoms with van der Waals surface area (Å²) >= 11 is 11.3. The average Bonchev–Trinajstić information content (AvgIpc) is 3.29. The van der Waals surface area contributed by atoms with Gasteiger partial charge >= 0.3 is 0 Å². The number of rotatable bonds is 6. The van der Waals surface area contributed by atoms with E-state index in [1.54, 1.807) is 34.9 Å². The first-order chi connectivity index (χ1) is 11.7. The fraction of sp³-hybridized carbons (Fsp3) is 0.312. The highest BCUT2D eigenvalue weighted by atomic mass is 35.5. The number of anilines is 1. The Morgan fingerprint density at radius 2 is 2.17 bits per heavy atom. The van der Waals surface area contributed by atoms with Gasteiger partial charge in [-0.25, -0.2) is 4.98 Å². The molecule has 1 N–H and O–H groups in total. The predicted octanol–water partition coefficient (Wildman–Crippen LogP) is 5.33. The van der Waals surface area contributed by atoms with Gasteiger partial charge in [0.25, 0.3) is 0 Å². The molecule has 0 atom stereocenters. The molecule has 1 aromatic carbocycles. The number of hydrogen-bond donors (Lipinski definition) is 1. The smallest absolute Gasteiger partial charge is 0.206 e. The number of thioether (sulfide) groups is 2. The molecule has 1 saturated carbocycles. The molecular weight excluding hydrogens is 380 g/mol. The molecule has 24 heavy (non-hydrogen) atoms. The highest BCUT2D eigenvalue weighted by Gasteiger charge is 2.22. The first-order valence-electron chi connectivity index (χ1n) is 7.57. The number of nitrogens with zero attached hydrogens (tertiary/aromatic N) is 3. The van der Waals surface area contributed by atoms with Crippen molar-refractivity contribution in [3.63, 3.8) is 0 Å². The fourth-order valence-electron chi connectivity index (χ4n) is 2.26. The maximum Gasteiger partial charge on any atom is 0.206 e. The summed E-state index contributed by atoms with van der Waals surface area (Å²) in [5.41, 5.74) is 1.96. The van der Waals surface area contributed by atoms with Gasteiger partial charge in [0, 0.05) is 27.6 Å². The Kier molecular flexibility index (Phi) is 4.85. The molecule has 0 radical (unpaired) electrons. The Bertz CT molecular complexity index is 879. The third-order valence-electron chi connectivity index (χ3n) is 3.71. The summed E-state index contributed by atoms with van der Waals surface area (Å²) in [7, 11) is 0. The summed E-state index contributed by atoms with van der Waals surface area (Å²) in [6.45, 7) is 0. The molecule has 2 aromatic heterocycles. The molecule has 1 fully saturated rings. The Labute approximate surface area is 157 Å². The lowest BCUT2D eigenvalue weighted by Crippen LogP contribution is -1.99. The molecule has 0 spiro atoms. The van der Waals surface area contributed by atoms with Gasteiger partial charge in [-0.1, -0.05) is 40.8 Å². The van der Waals surface area contributed by atoms with Crippen LogP contribution in [0.4, 0.5) is 5.13 Å². The van der Waals surface area contributed by atoms with Crippen molar-refractivity contribution < 1.29 is 0 Å². The molecule has 8 heteroatoms. The Morgan fingerprint density at radius 3 is 2.96 bits per heavy atom. The van der Waals surface area contributed by atoms with Gasteiger partial charge < -0.3 is 5.32 Å². The third kappa shape index (κ3) is 3.79. The van der Waals surface area contributed by atoms with E-state index in [0.29, 0.717) is 11.2 Å². The van der Waals surface area contributed by atoms with E-state index in [1.165, 1.54) is 17.7 Å². The van der Waals surface area contributed by atoms with E-state index in [4.69, 9.17) is 11.6 Å². The monoisotopic (exact) mass is 394 g/mol. The summed E-state index contributed by atoms with van der Waals surface area (Å²) in [4.78, 5) is 5.74. The van der Waals surface area contributed by atoms with Crippen LogP contribution in [0.1, 0.15) is 18.4 Å². The second-order valence-electron chi connectivity index (χ2n) is 5.58. The summed E-state index contributed by atoms with van der Waals surface area (Å²) < 4.78 is 0.951. The topological polar surface area (TPSA) is 50.7 Å². The normalized spacial score (nSPS) is 14.2. The largest absolute Gasteiger partial charge is 0.357 e. The fourth-order valence-corrected chi connectivity index (χ4v) is 4.79. The number of aromatic nitrogens is 3. The Balaban J connectivity index is 1.49. The zero-order valence-corrected chi connectivity index (χ0v) is 16.2. The van der Waals surface area contributed by atoms with Crippen molar-refractivity contribution in [1.82, 2.24) is 15.2 Å². The average molecular weight is 395 g/mol. The van der Waals surface area contributed by atoms with Crippen LogP contribution in [0.15, 0.2) is 33.5 Å². The molecule has 0 saturated heterocycles. The standard InChI is InChI=1S/C16H15ClN4S3/c1-22-12-5-2-9-6-10(14(17)19-13(9)7-12)8-23-16-21-20-15(24-16)18-11-3-4-11/h2,5-7,11H,3-4,8H2,1H3,(H,18,20). The lowest BCUT2D eigenvalue weighted by Gasteiger charge is -2.06. The number of hydrogen-bond acceptors (Lipinski definition) is 7. The number of fused-ring (bicyclic) bond motifs is 1. The summed E-state index contributed by atoms with van der Waals surface area (Å²) in [5, 5.41) is 14.4. The molecule has 1 aliphatic rings. The van der Waals surface area contributed by atoms with E-state index in [1.807, 2.05) is 0 Å². The molecule has 4 rings (SSSR count). The summed E-state index contributed by atoms with van der Waals surface area (Å²) in [5.74, 6) is 0.740. The molecule has 0 amide bonds. The van der Waals surface area contributed by atoms with E-state index in [0.717, 1.165) is 31.7 Å². The number of pyridine rings is 1. The minimum absolute atomic E-state index is 0.564. The van der Waals surface area contributed by atoms with Crippen LogP contribution in [0.2, 0.25) is 5.15 Å². The minimum atomic E-state index is 0.564. The predicted molar refractivity (Wildman–Crippen MR) is 105 cm³/mol. The summed E-state index contributed by atoms with van der Waals surface area (Å²) in [6, 6.07) is 9.00. The third-order valence-corrected chi connectivity index (χ3v) is 6.80. The van der Waals surface area contributed by atoms with Gasteiger partial charge in [-0.15, -0.1) is 22.0 Å². The van der Waals surface area contributed by atoms with Gasteiger partial charge in [-0.2, -0.15) is 0 Å². The molecule has 0 unspecified atom stereocenters. The maximum atomic E-state index is 6.37. The number of halogens is 1. The van der Waals surface area contributed by atoms with Gasteiger partial charge in [0.2, 0.25) is 5.13 Å². The molecule has 2 heterocycles. The van der Waals surface area contributed by atoms with Crippen LogP contribution in [0.3, 0.4) is 0 Å². The zero-order chi connectivity index (χ0) is 16.5. The second-order valence-corrected chi connectivity index (χ2v) is 9.01. The molecule has 1 aliphatic carbocycles. The highest BCUT2D eigenvalue weighted by molar-refractivity contribution is 8.00. The Hall–Kier alpha value is -1.02. The van der Waals surface area contributed by atoms with Crippen LogP contribution in [-0.2, 0) is 5.75 Å². The van der Waals surface area contributed by atoms with Crippen molar-refractivity contribution >= 4 is 62.5 Å². The first kappa shape index (κ1) is 16.4. The molecule has 4 nitrogen and oxygen atoms in total. The van der Waals surface area contributed by atoms with Gasteiger partial charge in [-0.3, -0.25) is 0 Å². The first-order valence-corrected chi connectivity index (χ1v) is 11.0. The van der Waals surface area contributed by atoms with Gasteiger partial charge in [0.15, 0.2) is 4.34 Å². The van der Waals surface area contributed by atoms with Crippen LogP contribution in [-0.4, -0.2) is 27.5 Å². The highest BCUT2D eigenvalue weighted by Crippen LogP contribution is 2.33. The van der Waals surface area contributed by atoms with Crippen molar-refractivity contribution in [2.45, 2.75) is 33.9 Å². The molecule has 124 valence electrons. The lowest BCUT2D eigenvalue weighted by atomic mass is 10.2. The van der Waals surface area contributed by atoms with Crippen molar-refractivity contribution in [3.05, 3.63) is 35.0 Å². The molecule has 0 bridgehead atoms. The van der Waals surface area contributed by atoms with Crippen LogP contribution in [0.25, 0.3) is 10.9 Å². The van der Waals surface area contributed by atoms with Crippen LogP contribution in [0, 0.1) is 0 Å². The quantitative estimate of drug-likeness (QED) is 0.450. The van der Waals surface area contributed by atoms with Gasteiger partial charge in [0.05, 0.1) is 5.52 Å². The van der Waals surface area contributed by atoms with Crippen molar-refractivity contribution in [2.75, 3.05) is 11.6 Å². The molecule has 3 aromatic rings. The molecular formula is C16H15ClN4S3. The Morgan fingerprint density at radius 1 is 1.29 bits per heavy atom. The zero-order valence-electron chi connectivity index (χ0n) is 13.0. The van der Waals surface area contributed by atoms with Crippen LogP contribution < -0.4 is 5.32 Å².